The van der Waals surface area contributed by atoms with Gasteiger partial charge >= 0.3 is 0 Å². The summed E-state index contributed by atoms with van der Waals surface area (Å²) in [5.74, 6) is 0.623. The molecule has 1 saturated heterocycles. The number of hydrogen-bond donors (Lipinski definition) is 0. The van der Waals surface area contributed by atoms with Crippen LogP contribution in [0.25, 0.3) is 0 Å². The molecule has 2 amide bonds. The number of piperidine rings is 1. The van der Waals surface area contributed by atoms with E-state index in [2.05, 4.69) is 30.3 Å². The Morgan fingerprint density at radius 3 is 2.32 bits per heavy atom. The third kappa shape index (κ3) is 5.69. The van der Waals surface area contributed by atoms with E-state index >= 15 is 0 Å². The fourth-order valence-electron chi connectivity index (χ4n) is 3.91. The molecular formula is C24H30N2O2. The van der Waals surface area contributed by atoms with Crippen LogP contribution in [-0.4, -0.2) is 41.2 Å². The Balaban J connectivity index is 1.51. The number of rotatable bonds is 6. The SMILES string of the molecule is CC(=O)N(CC(=O)N1CCC(Cc2ccccc2)CC1)Cc1cccc(C)c1. The zero-order valence-corrected chi connectivity index (χ0v) is 16.9. The summed E-state index contributed by atoms with van der Waals surface area (Å²) >= 11 is 0. The van der Waals surface area contributed by atoms with Gasteiger partial charge in [0.25, 0.3) is 0 Å². The van der Waals surface area contributed by atoms with Crippen molar-refractivity contribution in [2.45, 2.75) is 39.7 Å². The molecule has 3 rings (SSSR count). The second-order valence-electron chi connectivity index (χ2n) is 7.88. The minimum absolute atomic E-state index is 0.0565. The first-order valence-electron chi connectivity index (χ1n) is 10.1. The molecule has 1 heterocycles. The second kappa shape index (κ2) is 9.54. The lowest BCUT2D eigenvalue weighted by atomic mass is 9.90. The van der Waals surface area contributed by atoms with Gasteiger partial charge in [-0.25, -0.2) is 0 Å². The first-order chi connectivity index (χ1) is 13.5. The number of aryl methyl sites for hydroxylation is 1. The maximum absolute atomic E-state index is 12.8. The normalized spacial score (nSPS) is 14.7. The Labute approximate surface area is 168 Å². The summed E-state index contributed by atoms with van der Waals surface area (Å²) in [5.41, 5.74) is 3.59. The molecule has 0 unspecified atom stereocenters. The third-order valence-electron chi connectivity index (χ3n) is 5.56. The van der Waals surface area contributed by atoms with Gasteiger partial charge in [0.15, 0.2) is 0 Å². The van der Waals surface area contributed by atoms with Crippen molar-refractivity contribution in [3.8, 4) is 0 Å². The van der Waals surface area contributed by atoms with Gasteiger partial charge < -0.3 is 9.80 Å². The molecular weight excluding hydrogens is 348 g/mol. The number of hydrogen-bond acceptors (Lipinski definition) is 2. The Morgan fingerprint density at radius 2 is 1.68 bits per heavy atom. The number of likely N-dealkylation sites (tertiary alicyclic amines) is 1. The van der Waals surface area contributed by atoms with E-state index in [0.29, 0.717) is 12.5 Å². The molecule has 0 aliphatic carbocycles. The number of benzene rings is 2. The quantitative estimate of drug-likeness (QED) is 0.767. The van der Waals surface area contributed by atoms with Crippen molar-refractivity contribution in [1.29, 1.82) is 0 Å². The Hall–Kier alpha value is -2.62. The van der Waals surface area contributed by atoms with Crippen LogP contribution in [0.1, 0.15) is 36.5 Å². The van der Waals surface area contributed by atoms with Crippen LogP contribution in [0.15, 0.2) is 54.6 Å². The van der Waals surface area contributed by atoms with Crippen molar-refractivity contribution in [2.24, 2.45) is 5.92 Å². The molecule has 0 saturated carbocycles. The van der Waals surface area contributed by atoms with Crippen molar-refractivity contribution in [3.05, 3.63) is 71.3 Å². The van der Waals surface area contributed by atoms with Gasteiger partial charge in [-0.3, -0.25) is 9.59 Å². The van der Waals surface area contributed by atoms with E-state index in [1.165, 1.54) is 12.5 Å². The fraction of sp³-hybridized carbons (Fsp3) is 0.417. The van der Waals surface area contributed by atoms with Gasteiger partial charge in [-0.05, 0) is 43.2 Å². The van der Waals surface area contributed by atoms with E-state index in [1.54, 1.807) is 4.90 Å². The summed E-state index contributed by atoms with van der Waals surface area (Å²) in [7, 11) is 0. The molecule has 0 atom stereocenters. The lowest BCUT2D eigenvalue weighted by Crippen LogP contribution is -2.45. The van der Waals surface area contributed by atoms with Gasteiger partial charge in [-0.2, -0.15) is 0 Å². The van der Waals surface area contributed by atoms with Crippen LogP contribution in [0, 0.1) is 12.8 Å². The standard InChI is InChI=1S/C24H30N2O2/c1-19-7-6-10-23(15-19)17-26(20(2)27)18-24(28)25-13-11-22(12-14-25)16-21-8-4-3-5-9-21/h3-10,15,22H,11-14,16-18H2,1-2H3. The van der Waals surface area contributed by atoms with Crippen molar-refractivity contribution in [2.75, 3.05) is 19.6 Å². The molecule has 2 aromatic carbocycles. The monoisotopic (exact) mass is 378 g/mol. The molecule has 1 aliphatic heterocycles. The molecule has 28 heavy (non-hydrogen) atoms. The highest BCUT2D eigenvalue weighted by molar-refractivity contribution is 5.83. The second-order valence-corrected chi connectivity index (χ2v) is 7.88. The molecule has 148 valence electrons. The minimum atomic E-state index is -0.0613. The third-order valence-corrected chi connectivity index (χ3v) is 5.56. The van der Waals surface area contributed by atoms with Crippen molar-refractivity contribution in [3.63, 3.8) is 0 Å². The van der Waals surface area contributed by atoms with Gasteiger partial charge in [0.1, 0.15) is 6.54 Å². The van der Waals surface area contributed by atoms with Gasteiger partial charge in [0.05, 0.1) is 0 Å². The van der Waals surface area contributed by atoms with Crippen molar-refractivity contribution >= 4 is 11.8 Å². The van der Waals surface area contributed by atoms with Crippen LogP contribution < -0.4 is 0 Å². The van der Waals surface area contributed by atoms with Gasteiger partial charge in [0.2, 0.25) is 11.8 Å². The topological polar surface area (TPSA) is 40.6 Å². The summed E-state index contributed by atoms with van der Waals surface area (Å²) in [6.45, 7) is 5.78. The summed E-state index contributed by atoms with van der Waals surface area (Å²) < 4.78 is 0. The van der Waals surface area contributed by atoms with Crippen LogP contribution in [0.2, 0.25) is 0 Å². The maximum atomic E-state index is 12.8. The molecule has 4 nitrogen and oxygen atoms in total. The number of nitrogens with zero attached hydrogens (tertiary/aromatic N) is 2. The highest BCUT2D eigenvalue weighted by Gasteiger charge is 2.25. The molecule has 0 bridgehead atoms. The number of carbonyl (C=O) groups is 2. The summed E-state index contributed by atoms with van der Waals surface area (Å²) in [6, 6.07) is 18.6. The Kier molecular flexibility index (Phi) is 6.85. The molecule has 4 heteroatoms. The van der Waals surface area contributed by atoms with Gasteiger partial charge in [-0.1, -0.05) is 60.2 Å². The van der Waals surface area contributed by atoms with E-state index in [1.807, 2.05) is 36.1 Å². The van der Waals surface area contributed by atoms with E-state index in [0.717, 1.165) is 43.5 Å². The summed E-state index contributed by atoms with van der Waals surface area (Å²) in [4.78, 5) is 28.4. The molecule has 0 aromatic heterocycles. The lowest BCUT2D eigenvalue weighted by Gasteiger charge is -2.33. The van der Waals surface area contributed by atoms with Crippen LogP contribution >= 0.6 is 0 Å². The first-order valence-corrected chi connectivity index (χ1v) is 10.1. The number of carbonyl (C=O) groups excluding carboxylic acids is 2. The maximum Gasteiger partial charge on any atom is 0.242 e. The Morgan fingerprint density at radius 1 is 1.00 bits per heavy atom. The van der Waals surface area contributed by atoms with Crippen molar-refractivity contribution in [1.82, 2.24) is 9.80 Å². The summed E-state index contributed by atoms with van der Waals surface area (Å²) in [6.07, 6.45) is 3.13. The average molecular weight is 379 g/mol. The highest BCUT2D eigenvalue weighted by Crippen LogP contribution is 2.22. The fourth-order valence-corrected chi connectivity index (χ4v) is 3.91. The van der Waals surface area contributed by atoms with Crippen LogP contribution in [-0.2, 0) is 22.6 Å². The predicted molar refractivity (Wildman–Crippen MR) is 112 cm³/mol. The molecule has 0 radical (unpaired) electrons. The van der Waals surface area contributed by atoms with Crippen LogP contribution in [0.4, 0.5) is 0 Å². The van der Waals surface area contributed by atoms with E-state index < -0.39 is 0 Å². The largest absolute Gasteiger partial charge is 0.341 e. The zero-order chi connectivity index (χ0) is 19.9. The van der Waals surface area contributed by atoms with E-state index in [4.69, 9.17) is 0 Å². The van der Waals surface area contributed by atoms with E-state index in [-0.39, 0.29) is 18.4 Å². The molecule has 1 aliphatic rings. The minimum Gasteiger partial charge on any atom is -0.341 e. The first kappa shape index (κ1) is 20.1. The molecule has 0 spiro atoms. The molecule has 2 aromatic rings. The zero-order valence-electron chi connectivity index (χ0n) is 16.9. The van der Waals surface area contributed by atoms with Crippen LogP contribution in [0.5, 0.6) is 0 Å². The predicted octanol–water partition coefficient (Wildman–Crippen LogP) is 3.82. The lowest BCUT2D eigenvalue weighted by molar-refractivity contribution is -0.140. The smallest absolute Gasteiger partial charge is 0.242 e. The Bertz CT molecular complexity index is 795. The van der Waals surface area contributed by atoms with Gasteiger partial charge in [0, 0.05) is 26.6 Å². The van der Waals surface area contributed by atoms with E-state index in [9.17, 15) is 9.59 Å². The average Bonchev–Trinajstić information content (AvgIpc) is 2.69. The highest BCUT2D eigenvalue weighted by atomic mass is 16.2. The number of amides is 2. The van der Waals surface area contributed by atoms with Crippen LogP contribution in [0.3, 0.4) is 0 Å². The summed E-state index contributed by atoms with van der Waals surface area (Å²) in [5, 5.41) is 0. The molecule has 0 N–H and O–H groups in total. The van der Waals surface area contributed by atoms with Crippen molar-refractivity contribution < 1.29 is 9.59 Å². The van der Waals surface area contributed by atoms with Gasteiger partial charge in [-0.15, -0.1) is 0 Å². The molecule has 1 fully saturated rings.